The Morgan fingerprint density at radius 1 is 1.14 bits per heavy atom. The highest BCUT2D eigenvalue weighted by Gasteiger charge is 2.06. The minimum atomic E-state index is -0.968. The lowest BCUT2D eigenvalue weighted by Crippen LogP contribution is -2.20. The van der Waals surface area contributed by atoms with E-state index in [0.717, 1.165) is 16.8 Å². The highest BCUT2D eigenvalue weighted by Crippen LogP contribution is 2.09. The summed E-state index contributed by atoms with van der Waals surface area (Å²) in [5, 5.41) is 4.46. The van der Waals surface area contributed by atoms with Crippen LogP contribution in [-0.4, -0.2) is 15.9 Å². The molecule has 6 heteroatoms. The first-order valence-corrected chi connectivity index (χ1v) is 6.54. The van der Waals surface area contributed by atoms with Crippen molar-refractivity contribution in [3.05, 3.63) is 75.8 Å². The van der Waals surface area contributed by atoms with Gasteiger partial charge in [-0.05, 0) is 36.8 Å². The van der Waals surface area contributed by atoms with Gasteiger partial charge in [0.2, 0.25) is 0 Å². The largest absolute Gasteiger partial charge is 0.282 e. The van der Waals surface area contributed by atoms with E-state index >= 15 is 0 Å². The molecule has 0 aliphatic heterocycles. The maximum atomic E-state index is 13.2. The van der Waals surface area contributed by atoms with Crippen molar-refractivity contribution in [2.24, 2.45) is 5.10 Å². The number of hydrogen-bond donors (Lipinski definition) is 0. The standard InChI is InChI=1S/C16H11F2N3O/c1-10-20-15-5-3-2-4-12(15)16(22)21(10)19-9-11-6-7-13(17)14(18)8-11/h2-9H,1H3. The minimum Gasteiger partial charge on any atom is -0.267 e. The summed E-state index contributed by atoms with van der Waals surface area (Å²) in [5.74, 6) is -1.50. The van der Waals surface area contributed by atoms with Crippen LogP contribution in [0.25, 0.3) is 10.9 Å². The van der Waals surface area contributed by atoms with Gasteiger partial charge < -0.3 is 0 Å². The van der Waals surface area contributed by atoms with Crippen molar-refractivity contribution in [3.63, 3.8) is 0 Å². The van der Waals surface area contributed by atoms with Crippen LogP contribution in [0.1, 0.15) is 11.4 Å². The average molecular weight is 299 g/mol. The van der Waals surface area contributed by atoms with Crippen molar-refractivity contribution in [1.82, 2.24) is 9.66 Å². The fraction of sp³-hybridized carbons (Fsp3) is 0.0625. The Labute approximate surface area is 124 Å². The van der Waals surface area contributed by atoms with Crippen LogP contribution in [0.5, 0.6) is 0 Å². The number of nitrogens with zero attached hydrogens (tertiary/aromatic N) is 3. The molecule has 1 aromatic heterocycles. The van der Waals surface area contributed by atoms with Crippen molar-refractivity contribution < 1.29 is 8.78 Å². The molecule has 2 aromatic carbocycles. The first-order valence-electron chi connectivity index (χ1n) is 6.54. The van der Waals surface area contributed by atoms with Gasteiger partial charge in [0, 0.05) is 0 Å². The summed E-state index contributed by atoms with van der Waals surface area (Å²) in [6.45, 7) is 1.65. The highest BCUT2D eigenvalue weighted by atomic mass is 19.2. The molecule has 0 N–H and O–H groups in total. The van der Waals surface area contributed by atoms with E-state index in [1.165, 1.54) is 12.3 Å². The number of benzene rings is 2. The molecule has 0 spiro atoms. The van der Waals surface area contributed by atoms with Crippen molar-refractivity contribution in [3.8, 4) is 0 Å². The van der Waals surface area contributed by atoms with Crippen LogP contribution in [-0.2, 0) is 0 Å². The Hall–Kier alpha value is -2.89. The van der Waals surface area contributed by atoms with Crippen LogP contribution in [0, 0.1) is 18.6 Å². The molecule has 0 amide bonds. The molecular formula is C16H11F2N3O. The Balaban J connectivity index is 2.08. The summed E-state index contributed by atoms with van der Waals surface area (Å²) >= 11 is 0. The zero-order valence-corrected chi connectivity index (χ0v) is 11.6. The molecule has 0 atom stereocenters. The average Bonchev–Trinajstić information content (AvgIpc) is 2.50. The number of hydrogen-bond acceptors (Lipinski definition) is 3. The quantitative estimate of drug-likeness (QED) is 0.683. The molecule has 0 saturated heterocycles. The third-order valence-corrected chi connectivity index (χ3v) is 3.18. The van der Waals surface area contributed by atoms with Gasteiger partial charge in [-0.25, -0.2) is 13.8 Å². The van der Waals surface area contributed by atoms with Gasteiger partial charge in [0.25, 0.3) is 5.56 Å². The van der Waals surface area contributed by atoms with Crippen molar-refractivity contribution in [2.45, 2.75) is 6.92 Å². The summed E-state index contributed by atoms with van der Waals surface area (Å²) in [4.78, 5) is 16.7. The Kier molecular flexibility index (Phi) is 3.50. The third kappa shape index (κ3) is 2.50. The first-order chi connectivity index (χ1) is 10.6. The molecule has 1 heterocycles. The van der Waals surface area contributed by atoms with Crippen molar-refractivity contribution >= 4 is 17.1 Å². The third-order valence-electron chi connectivity index (χ3n) is 3.18. The zero-order chi connectivity index (χ0) is 15.7. The highest BCUT2D eigenvalue weighted by molar-refractivity contribution is 5.80. The number of aromatic nitrogens is 2. The molecule has 110 valence electrons. The van der Waals surface area contributed by atoms with E-state index in [-0.39, 0.29) is 5.56 Å². The number of aryl methyl sites for hydroxylation is 1. The monoisotopic (exact) mass is 299 g/mol. The van der Waals surface area contributed by atoms with E-state index < -0.39 is 11.6 Å². The van der Waals surface area contributed by atoms with E-state index in [1.54, 1.807) is 31.2 Å². The van der Waals surface area contributed by atoms with Gasteiger partial charge in [-0.1, -0.05) is 18.2 Å². The molecule has 0 bridgehead atoms. The van der Waals surface area contributed by atoms with Gasteiger partial charge in [-0.2, -0.15) is 9.78 Å². The fourth-order valence-corrected chi connectivity index (χ4v) is 2.09. The lowest BCUT2D eigenvalue weighted by molar-refractivity contribution is 0.508. The topological polar surface area (TPSA) is 47.2 Å². The first kappa shape index (κ1) is 14.1. The Bertz CT molecular complexity index is 948. The van der Waals surface area contributed by atoms with Crippen LogP contribution in [0.4, 0.5) is 8.78 Å². The molecular weight excluding hydrogens is 288 g/mol. The zero-order valence-electron chi connectivity index (χ0n) is 11.6. The molecule has 4 nitrogen and oxygen atoms in total. The van der Waals surface area contributed by atoms with Crippen molar-refractivity contribution in [1.29, 1.82) is 0 Å². The second kappa shape index (κ2) is 5.48. The lowest BCUT2D eigenvalue weighted by Gasteiger charge is -2.05. The van der Waals surface area contributed by atoms with Crippen LogP contribution in [0.2, 0.25) is 0 Å². The number of para-hydroxylation sites is 1. The molecule has 22 heavy (non-hydrogen) atoms. The summed E-state index contributed by atoms with van der Waals surface area (Å²) in [6, 6.07) is 10.3. The number of halogens is 2. The molecule has 0 aliphatic rings. The van der Waals surface area contributed by atoms with Crippen molar-refractivity contribution in [2.75, 3.05) is 0 Å². The van der Waals surface area contributed by atoms with E-state index in [9.17, 15) is 13.6 Å². The minimum absolute atomic E-state index is 0.318. The van der Waals surface area contributed by atoms with Gasteiger partial charge in [0.05, 0.1) is 17.1 Å². The molecule has 0 radical (unpaired) electrons. The second-order valence-electron chi connectivity index (χ2n) is 4.71. The second-order valence-corrected chi connectivity index (χ2v) is 4.71. The van der Waals surface area contributed by atoms with Crippen LogP contribution < -0.4 is 5.56 Å². The Morgan fingerprint density at radius 3 is 2.68 bits per heavy atom. The predicted octanol–water partition coefficient (Wildman–Crippen LogP) is 2.87. The number of fused-ring (bicyclic) bond motifs is 1. The molecule has 0 fully saturated rings. The van der Waals surface area contributed by atoms with Crippen LogP contribution in [0.15, 0.2) is 52.4 Å². The maximum Gasteiger partial charge on any atom is 0.282 e. The fourth-order valence-electron chi connectivity index (χ4n) is 2.09. The lowest BCUT2D eigenvalue weighted by atomic mass is 10.2. The van der Waals surface area contributed by atoms with E-state index in [2.05, 4.69) is 10.1 Å². The van der Waals surface area contributed by atoms with E-state index in [0.29, 0.717) is 22.3 Å². The van der Waals surface area contributed by atoms with Gasteiger partial charge in [-0.15, -0.1) is 0 Å². The molecule has 0 saturated carbocycles. The summed E-state index contributed by atoms with van der Waals surface area (Å²) in [5.41, 5.74) is 0.615. The Morgan fingerprint density at radius 2 is 1.91 bits per heavy atom. The SMILES string of the molecule is Cc1nc2ccccc2c(=O)n1N=Cc1ccc(F)c(F)c1. The molecule has 3 aromatic rings. The molecule has 0 aliphatic carbocycles. The van der Waals surface area contributed by atoms with Gasteiger partial charge in [0.15, 0.2) is 11.6 Å². The molecule has 3 rings (SSSR count). The maximum absolute atomic E-state index is 13.2. The number of rotatable bonds is 2. The van der Waals surface area contributed by atoms with Crippen LogP contribution >= 0.6 is 0 Å². The summed E-state index contributed by atoms with van der Waals surface area (Å²) in [6.07, 6.45) is 1.29. The van der Waals surface area contributed by atoms with Crippen LogP contribution in [0.3, 0.4) is 0 Å². The van der Waals surface area contributed by atoms with E-state index in [1.807, 2.05) is 0 Å². The normalized spacial score (nSPS) is 11.4. The van der Waals surface area contributed by atoms with Gasteiger partial charge in [-0.3, -0.25) is 4.79 Å². The molecule has 0 unspecified atom stereocenters. The smallest absolute Gasteiger partial charge is 0.267 e. The van der Waals surface area contributed by atoms with Gasteiger partial charge >= 0.3 is 0 Å². The summed E-state index contributed by atoms with van der Waals surface area (Å²) < 4.78 is 27.2. The summed E-state index contributed by atoms with van der Waals surface area (Å²) in [7, 11) is 0. The predicted molar refractivity (Wildman–Crippen MR) is 80.1 cm³/mol. The van der Waals surface area contributed by atoms with E-state index in [4.69, 9.17) is 0 Å². The van der Waals surface area contributed by atoms with Gasteiger partial charge in [0.1, 0.15) is 5.82 Å².